The molecule has 4 aromatic rings. The van der Waals surface area contributed by atoms with E-state index in [4.69, 9.17) is 4.74 Å². The zero-order valence-corrected chi connectivity index (χ0v) is 46.0. The second-order valence-corrected chi connectivity index (χ2v) is 49.6. The second-order valence-electron chi connectivity index (χ2n) is 22.0. The maximum Gasteiger partial charge on any atom is -0.147 e. The van der Waals surface area contributed by atoms with E-state index in [2.05, 4.69) is 195 Å². The molecule has 0 aromatic heterocycles. The molecule has 0 heterocycles. The Labute approximate surface area is 387 Å². The fraction of sp³-hybridized carbons (Fsp3) is 0.500. The van der Waals surface area contributed by atoms with Gasteiger partial charge in [0.1, 0.15) is 0 Å². The van der Waals surface area contributed by atoms with Crippen LogP contribution in [-0.2, 0) is 33.0 Å². The van der Waals surface area contributed by atoms with Gasteiger partial charge in [-0.2, -0.15) is 0 Å². The fourth-order valence-corrected chi connectivity index (χ4v) is 34.8. The molecule has 0 saturated heterocycles. The van der Waals surface area contributed by atoms with E-state index in [1.807, 2.05) is 0 Å². The molecule has 2 aliphatic rings. The van der Waals surface area contributed by atoms with Gasteiger partial charge in [0.25, 0.3) is 0 Å². The molecule has 0 bridgehead atoms. The number of rotatable bonds is 14. The molecular weight excluding hydrogens is 879 g/mol. The molecule has 61 heavy (non-hydrogen) atoms. The number of hydrogen-bond donors (Lipinski definition) is 0. The monoisotopic (exact) mass is 956 g/mol. The van der Waals surface area contributed by atoms with Crippen LogP contribution in [0.2, 0.25) is 8.26 Å². The molecule has 0 aliphatic heterocycles. The number of fused-ring (bicyclic) bond motifs is 2. The number of halogens is 2. The third kappa shape index (κ3) is 10.3. The molecule has 0 spiro atoms. The van der Waals surface area contributed by atoms with Crippen LogP contribution < -0.4 is 0 Å². The van der Waals surface area contributed by atoms with Gasteiger partial charge in [0.2, 0.25) is 0 Å². The molecule has 4 aromatic carbocycles. The van der Waals surface area contributed by atoms with E-state index in [1.165, 1.54) is 66.5 Å². The number of ether oxygens (including phenoxy) is 1. The van der Waals surface area contributed by atoms with E-state index in [9.17, 15) is 0 Å². The molecule has 0 N–H and O–H groups in total. The minimum atomic E-state index is -3.98. The van der Waals surface area contributed by atoms with Crippen LogP contribution in [0.5, 0.6) is 0 Å². The van der Waals surface area contributed by atoms with Crippen LogP contribution in [0.25, 0.3) is 33.9 Å². The van der Waals surface area contributed by atoms with Crippen LogP contribution in [0.4, 0.5) is 0 Å². The summed E-state index contributed by atoms with van der Waals surface area (Å²) in [5, 5.41) is 0. The van der Waals surface area contributed by atoms with Gasteiger partial charge in [-0.15, -0.1) is 24.8 Å². The summed E-state index contributed by atoms with van der Waals surface area (Å²) in [5.41, 5.74) is 19.9. The third-order valence-corrected chi connectivity index (χ3v) is 45.5. The fourth-order valence-electron chi connectivity index (χ4n) is 11.0. The first-order valence-corrected chi connectivity index (χ1v) is 35.4. The summed E-state index contributed by atoms with van der Waals surface area (Å²) >= 11 is -3.98. The molecule has 332 valence electrons. The number of allylic oxidation sites excluding steroid dienone is 3. The van der Waals surface area contributed by atoms with E-state index in [1.54, 1.807) is 33.4 Å². The third-order valence-electron chi connectivity index (χ3n) is 14.7. The van der Waals surface area contributed by atoms with Crippen LogP contribution in [0.3, 0.4) is 0 Å². The van der Waals surface area contributed by atoms with E-state index >= 15 is 0 Å². The van der Waals surface area contributed by atoms with Gasteiger partial charge in [0.05, 0.1) is 0 Å². The molecule has 0 amide bonds. The zero-order chi connectivity index (χ0) is 43.2. The number of benzene rings is 4. The van der Waals surface area contributed by atoms with Crippen molar-refractivity contribution in [2.75, 3.05) is 6.61 Å². The van der Waals surface area contributed by atoms with Crippen molar-refractivity contribution < 1.29 is 22.1 Å². The van der Waals surface area contributed by atoms with Gasteiger partial charge in [-0.25, -0.2) is 0 Å². The van der Waals surface area contributed by atoms with Crippen molar-refractivity contribution in [3.8, 4) is 22.3 Å². The van der Waals surface area contributed by atoms with Crippen LogP contribution in [0.15, 0.2) is 96.1 Å². The summed E-state index contributed by atoms with van der Waals surface area (Å²) in [6.07, 6.45) is 8.65. The molecule has 0 fully saturated rings. The average Bonchev–Trinajstić information content (AvgIpc) is 3.73. The molecule has 6 rings (SSSR count). The standard InChI is InChI=1S/C30H41O.C22H25.2C2H5.2ClH.H2Si.Zr/c1-22-21-24-13-12-15-27(23-16-18-25(19-17-23)29(2,3)4)28(24)26(22)14-10-8-9-11-20-31-30(5,6)7;1-15(2)18-13-17-7-6-8-20(21(17)14-18)16-9-11-19(12-10-16)22(3,4)5;2*1-2;;;;/h12-13,15-19,21H,8-11,14,20H2,1-7H3;6-15H,1-5H3;2*1H2,2H3;2*1H;1H2;. The Bertz CT molecular complexity index is 2270. The molecule has 2 atom stereocenters. The van der Waals surface area contributed by atoms with Gasteiger partial charge in [0.15, 0.2) is 0 Å². The minimum absolute atomic E-state index is 0. The molecule has 2 aliphatic carbocycles. The maximum atomic E-state index is 6.10. The first-order valence-electron chi connectivity index (χ1n) is 23.2. The minimum Gasteiger partial charge on any atom is -0.147 e. The summed E-state index contributed by atoms with van der Waals surface area (Å²) in [7, 11) is 0. The van der Waals surface area contributed by atoms with Crippen molar-refractivity contribution in [3.05, 3.63) is 129 Å². The van der Waals surface area contributed by atoms with Crippen LogP contribution in [0.1, 0.15) is 170 Å². The van der Waals surface area contributed by atoms with Crippen LogP contribution >= 0.6 is 24.8 Å². The smallest absolute Gasteiger partial charge is 0.147 e. The van der Waals surface area contributed by atoms with Crippen LogP contribution in [0, 0.1) is 5.92 Å². The predicted molar refractivity (Wildman–Crippen MR) is 275 cm³/mol. The molecule has 0 radical (unpaired) electrons. The van der Waals surface area contributed by atoms with Gasteiger partial charge in [-0.1, -0.05) is 0 Å². The zero-order valence-electron chi connectivity index (χ0n) is 40.5. The van der Waals surface area contributed by atoms with Gasteiger partial charge < -0.3 is 0 Å². The SMILES string of the molecule is C[CH2][Zr](=[SiH2])([CH2]C)([CH]1C(C(C)C)=Cc2c(-c3ccc(C(C)(C)C)cc3)cccc21)[CH]1C(C)=C(CCCCCCOC(C)(C)C)c2c(-c3ccc(C(C)(C)C)cc3)cccc21.Cl.Cl. The summed E-state index contributed by atoms with van der Waals surface area (Å²) in [4.78, 5) is 0. The summed E-state index contributed by atoms with van der Waals surface area (Å²) in [6.45, 7) is 36.6. The Kier molecular flexibility index (Phi) is 16.6. The van der Waals surface area contributed by atoms with Gasteiger partial charge in [0, 0.05) is 0 Å². The summed E-state index contributed by atoms with van der Waals surface area (Å²) in [6, 6.07) is 33.8. The van der Waals surface area contributed by atoms with Crippen LogP contribution in [-0.4, -0.2) is 19.1 Å². The van der Waals surface area contributed by atoms with Gasteiger partial charge >= 0.3 is 366 Å². The van der Waals surface area contributed by atoms with Crippen molar-refractivity contribution in [2.24, 2.45) is 5.92 Å². The van der Waals surface area contributed by atoms with Crippen molar-refractivity contribution in [1.29, 1.82) is 0 Å². The largest absolute Gasteiger partial charge is 0.147 e. The van der Waals surface area contributed by atoms with E-state index in [0.717, 1.165) is 19.4 Å². The molecule has 2 unspecified atom stereocenters. The van der Waals surface area contributed by atoms with Crippen molar-refractivity contribution in [1.82, 2.24) is 0 Å². The first-order chi connectivity index (χ1) is 27.6. The molecular formula is C56H80Cl2OSiZr. The second kappa shape index (κ2) is 19.6. The average molecular weight is 959 g/mol. The normalized spacial score (nSPS) is 16.9. The molecule has 5 heteroatoms. The maximum absolute atomic E-state index is 6.10. The molecule has 0 saturated carbocycles. The number of unbranched alkanes of at least 4 members (excludes halogenated alkanes) is 3. The first kappa shape index (κ1) is 51.6. The summed E-state index contributed by atoms with van der Waals surface area (Å²) in [5.74, 6) is 0.485. The number of hydrogen-bond acceptors (Lipinski definition) is 1. The van der Waals surface area contributed by atoms with E-state index in [0.29, 0.717) is 13.2 Å². The van der Waals surface area contributed by atoms with Crippen molar-refractivity contribution in [2.45, 2.75) is 161 Å². The predicted octanol–water partition coefficient (Wildman–Crippen LogP) is 17.0. The Balaban J connectivity index is 0.00000410. The van der Waals surface area contributed by atoms with E-state index in [-0.39, 0.29) is 41.2 Å². The van der Waals surface area contributed by atoms with E-state index < -0.39 is 17.4 Å². The Morgan fingerprint density at radius 1 is 0.623 bits per heavy atom. The molecule has 1 nitrogen and oxygen atoms in total. The Morgan fingerprint density at radius 3 is 1.61 bits per heavy atom. The topological polar surface area (TPSA) is 9.23 Å². The van der Waals surface area contributed by atoms with Crippen molar-refractivity contribution in [3.63, 3.8) is 0 Å². The quantitative estimate of drug-likeness (QED) is 0.0904. The Morgan fingerprint density at radius 2 is 1.11 bits per heavy atom. The van der Waals surface area contributed by atoms with Gasteiger partial charge in [-0.3, -0.25) is 0 Å². The summed E-state index contributed by atoms with van der Waals surface area (Å²) < 4.78 is 9.73. The Hall–Kier alpha value is -2.00. The van der Waals surface area contributed by atoms with Crippen molar-refractivity contribution >= 4 is 43.3 Å². The van der Waals surface area contributed by atoms with Gasteiger partial charge in [-0.05, 0) is 0 Å².